The number of nitrogens with zero attached hydrogens (tertiary/aromatic N) is 1. The largest absolute Gasteiger partial charge is 0.448 e. The number of halogens is 1. The lowest BCUT2D eigenvalue weighted by molar-refractivity contribution is -0.122. The second kappa shape index (κ2) is 6.38. The first-order chi connectivity index (χ1) is 13.1. The van der Waals surface area contributed by atoms with E-state index in [0.29, 0.717) is 13.0 Å². The number of rotatable bonds is 2. The number of carbonyl (C=O) groups excluding carboxylic acids is 2. The number of hydrogen-bond donors (Lipinski definition) is 0. The third kappa shape index (κ3) is 2.58. The van der Waals surface area contributed by atoms with Gasteiger partial charge >= 0.3 is 6.09 Å². The molecular formula is C22H20ClNO3. The molecule has 4 nitrogen and oxygen atoms in total. The molecule has 2 aromatic carbocycles. The third-order valence-electron chi connectivity index (χ3n) is 6.18. The number of fused-ring (bicyclic) bond motifs is 5. The van der Waals surface area contributed by atoms with Gasteiger partial charge in [-0.15, -0.1) is 11.6 Å². The van der Waals surface area contributed by atoms with Crippen molar-refractivity contribution in [3.8, 4) is 11.1 Å². The molecule has 0 radical (unpaired) electrons. The fourth-order valence-electron chi connectivity index (χ4n) is 4.91. The van der Waals surface area contributed by atoms with Crippen molar-refractivity contribution in [2.24, 2.45) is 0 Å². The van der Waals surface area contributed by atoms with Crippen LogP contribution in [0.1, 0.15) is 36.3 Å². The summed E-state index contributed by atoms with van der Waals surface area (Å²) in [5.74, 6) is 0.0871. The molecule has 2 aromatic rings. The number of amides is 1. The van der Waals surface area contributed by atoms with Gasteiger partial charge in [0, 0.05) is 18.4 Å². The van der Waals surface area contributed by atoms with Gasteiger partial charge in [0.2, 0.25) is 0 Å². The van der Waals surface area contributed by atoms with Crippen LogP contribution in [-0.4, -0.2) is 40.8 Å². The van der Waals surface area contributed by atoms with E-state index in [-0.39, 0.29) is 29.9 Å². The Morgan fingerprint density at radius 3 is 2.33 bits per heavy atom. The van der Waals surface area contributed by atoms with Crippen molar-refractivity contribution in [2.45, 2.75) is 42.6 Å². The highest BCUT2D eigenvalue weighted by atomic mass is 35.5. The zero-order chi connectivity index (χ0) is 18.5. The fourth-order valence-corrected chi connectivity index (χ4v) is 5.25. The molecular weight excluding hydrogens is 362 g/mol. The summed E-state index contributed by atoms with van der Waals surface area (Å²) in [6.45, 7) is 0.295. The van der Waals surface area contributed by atoms with E-state index < -0.39 is 5.38 Å². The van der Waals surface area contributed by atoms with Gasteiger partial charge in [0.1, 0.15) is 12.0 Å². The minimum absolute atomic E-state index is 0.0391. The van der Waals surface area contributed by atoms with Crippen LogP contribution in [0.4, 0.5) is 4.79 Å². The van der Waals surface area contributed by atoms with Crippen LogP contribution in [0.2, 0.25) is 0 Å². The maximum Gasteiger partial charge on any atom is 0.410 e. The van der Waals surface area contributed by atoms with E-state index in [1.54, 1.807) is 4.90 Å². The van der Waals surface area contributed by atoms with Crippen LogP contribution in [-0.2, 0) is 9.53 Å². The van der Waals surface area contributed by atoms with Gasteiger partial charge in [-0.1, -0.05) is 48.5 Å². The molecule has 0 spiro atoms. The van der Waals surface area contributed by atoms with Crippen LogP contribution < -0.4 is 0 Å². The van der Waals surface area contributed by atoms with E-state index in [1.807, 2.05) is 24.3 Å². The molecule has 2 bridgehead atoms. The van der Waals surface area contributed by atoms with Crippen molar-refractivity contribution in [3.05, 3.63) is 59.7 Å². The number of Topliss-reactive ketones (excluding diaryl/α,β-unsaturated/α-hetero) is 1. The standard InChI is InChI=1S/C22H20ClNO3/c23-21-19-10-9-13(11-20(21)25)24(19)22(26)27-12-18-16-7-3-1-5-14(16)15-6-2-4-8-17(15)18/h1-8,13,18-19,21H,9-12H2. The minimum atomic E-state index is -0.607. The molecule has 1 aliphatic carbocycles. The van der Waals surface area contributed by atoms with E-state index in [1.165, 1.54) is 22.3 Å². The van der Waals surface area contributed by atoms with Gasteiger partial charge in [0.05, 0.1) is 6.04 Å². The zero-order valence-electron chi connectivity index (χ0n) is 14.8. The number of ether oxygens (including phenoxy) is 1. The van der Waals surface area contributed by atoms with Crippen molar-refractivity contribution in [3.63, 3.8) is 0 Å². The van der Waals surface area contributed by atoms with E-state index in [2.05, 4.69) is 24.3 Å². The third-order valence-corrected chi connectivity index (χ3v) is 6.71. The van der Waals surface area contributed by atoms with Gasteiger partial charge in [-0.25, -0.2) is 4.79 Å². The average molecular weight is 382 g/mol. The lowest BCUT2D eigenvalue weighted by Crippen LogP contribution is -2.53. The lowest BCUT2D eigenvalue weighted by Gasteiger charge is -2.36. The van der Waals surface area contributed by atoms with Gasteiger partial charge < -0.3 is 4.74 Å². The SMILES string of the molecule is O=C1CC2CCC(C1Cl)N2C(=O)OCC1c2ccccc2-c2ccccc21. The summed E-state index contributed by atoms with van der Waals surface area (Å²) in [7, 11) is 0. The van der Waals surface area contributed by atoms with Crippen molar-refractivity contribution in [1.82, 2.24) is 4.90 Å². The first kappa shape index (κ1) is 16.8. The molecule has 3 unspecified atom stereocenters. The summed E-state index contributed by atoms with van der Waals surface area (Å²) in [6.07, 6.45) is 1.59. The number of piperidine rings is 1. The maximum atomic E-state index is 12.8. The monoisotopic (exact) mass is 381 g/mol. The molecule has 5 rings (SSSR count). The number of carbonyl (C=O) groups is 2. The molecule has 5 heteroatoms. The minimum Gasteiger partial charge on any atom is -0.448 e. The lowest BCUT2D eigenvalue weighted by atomic mass is 9.98. The molecule has 2 aliphatic heterocycles. The smallest absolute Gasteiger partial charge is 0.410 e. The molecule has 3 atom stereocenters. The van der Waals surface area contributed by atoms with Crippen molar-refractivity contribution < 1.29 is 14.3 Å². The van der Waals surface area contributed by atoms with Crippen LogP contribution in [0.5, 0.6) is 0 Å². The Hall–Kier alpha value is -2.33. The second-order valence-electron chi connectivity index (χ2n) is 7.58. The van der Waals surface area contributed by atoms with Gasteiger partial charge in [0.25, 0.3) is 0 Å². The molecule has 2 fully saturated rings. The van der Waals surface area contributed by atoms with E-state index in [4.69, 9.17) is 16.3 Å². The van der Waals surface area contributed by atoms with Crippen LogP contribution >= 0.6 is 11.6 Å². The Bertz CT molecular complexity index is 882. The predicted octanol–water partition coefficient (Wildman–Crippen LogP) is 4.35. The summed E-state index contributed by atoms with van der Waals surface area (Å²) < 4.78 is 5.76. The topological polar surface area (TPSA) is 46.6 Å². The number of hydrogen-bond acceptors (Lipinski definition) is 3. The highest BCUT2D eigenvalue weighted by Crippen LogP contribution is 2.45. The van der Waals surface area contributed by atoms with E-state index in [9.17, 15) is 9.59 Å². The molecule has 2 heterocycles. The maximum absolute atomic E-state index is 12.8. The number of ketones is 1. The average Bonchev–Trinajstić information content (AvgIpc) is 3.20. The zero-order valence-corrected chi connectivity index (χ0v) is 15.6. The summed E-state index contributed by atoms with van der Waals surface area (Å²) in [5, 5.41) is -0.607. The van der Waals surface area contributed by atoms with Crippen LogP contribution in [0.3, 0.4) is 0 Å². The Balaban J connectivity index is 1.36. The van der Waals surface area contributed by atoms with E-state index in [0.717, 1.165) is 12.8 Å². The van der Waals surface area contributed by atoms with Crippen LogP contribution in [0.15, 0.2) is 48.5 Å². The second-order valence-corrected chi connectivity index (χ2v) is 8.05. The van der Waals surface area contributed by atoms with Gasteiger partial charge in [-0.3, -0.25) is 9.69 Å². The van der Waals surface area contributed by atoms with Crippen LogP contribution in [0.25, 0.3) is 11.1 Å². The molecule has 3 aliphatic rings. The summed E-state index contributed by atoms with van der Waals surface area (Å²) in [5.41, 5.74) is 4.80. The molecule has 0 aromatic heterocycles. The van der Waals surface area contributed by atoms with Gasteiger partial charge in [-0.2, -0.15) is 0 Å². The molecule has 1 amide bonds. The summed E-state index contributed by atoms with van der Waals surface area (Å²) in [4.78, 5) is 26.5. The first-order valence-electron chi connectivity index (χ1n) is 9.45. The highest BCUT2D eigenvalue weighted by molar-refractivity contribution is 6.32. The normalized spacial score (nSPS) is 26.0. The van der Waals surface area contributed by atoms with Gasteiger partial charge in [-0.05, 0) is 35.1 Å². The van der Waals surface area contributed by atoms with Crippen LogP contribution in [0, 0.1) is 0 Å². The Morgan fingerprint density at radius 2 is 1.67 bits per heavy atom. The molecule has 2 saturated heterocycles. The Kier molecular flexibility index (Phi) is 3.97. The first-order valence-corrected chi connectivity index (χ1v) is 9.89. The molecule has 27 heavy (non-hydrogen) atoms. The Labute approximate surface area is 163 Å². The Morgan fingerprint density at radius 1 is 1.04 bits per heavy atom. The van der Waals surface area contributed by atoms with Crippen molar-refractivity contribution in [1.29, 1.82) is 0 Å². The number of alkyl halides is 1. The van der Waals surface area contributed by atoms with Crippen molar-refractivity contribution >= 4 is 23.5 Å². The van der Waals surface area contributed by atoms with Crippen molar-refractivity contribution in [2.75, 3.05) is 6.61 Å². The fraction of sp³-hybridized carbons (Fsp3) is 0.364. The predicted molar refractivity (Wildman–Crippen MR) is 103 cm³/mol. The van der Waals surface area contributed by atoms with E-state index >= 15 is 0 Å². The summed E-state index contributed by atoms with van der Waals surface area (Å²) >= 11 is 6.26. The quantitative estimate of drug-likeness (QED) is 0.726. The highest BCUT2D eigenvalue weighted by Gasteiger charge is 2.49. The summed E-state index contributed by atoms with van der Waals surface area (Å²) in [6, 6.07) is 16.3. The molecule has 0 saturated carbocycles. The number of benzene rings is 2. The van der Waals surface area contributed by atoms with Gasteiger partial charge in [0.15, 0.2) is 5.78 Å². The molecule has 0 N–H and O–H groups in total. The molecule has 138 valence electrons.